The molecule has 0 atom stereocenters. The van der Waals surface area contributed by atoms with Crippen molar-refractivity contribution < 1.29 is 23.8 Å². The van der Waals surface area contributed by atoms with Crippen LogP contribution >= 0.6 is 11.3 Å². The number of thiazole rings is 1. The van der Waals surface area contributed by atoms with Crippen LogP contribution < -0.4 is 24.3 Å². The fourth-order valence-electron chi connectivity index (χ4n) is 3.01. The fourth-order valence-corrected chi connectivity index (χ4v) is 3.76. The lowest BCUT2D eigenvalue weighted by molar-refractivity contribution is -0.117. The molecule has 2 aromatic carbocycles. The molecule has 0 bridgehead atoms. The van der Waals surface area contributed by atoms with E-state index in [2.05, 4.69) is 10.3 Å². The topological polar surface area (TPSA) is 91.2 Å². The highest BCUT2D eigenvalue weighted by Crippen LogP contribution is 2.38. The van der Waals surface area contributed by atoms with E-state index in [0.29, 0.717) is 28.6 Å². The van der Waals surface area contributed by atoms with Crippen molar-refractivity contribution in [1.29, 1.82) is 0 Å². The minimum atomic E-state index is -0.453. The summed E-state index contributed by atoms with van der Waals surface area (Å²) in [5.41, 5.74) is 2.57. The highest BCUT2D eigenvalue weighted by atomic mass is 32.1. The molecule has 0 radical (unpaired) electrons. The lowest BCUT2D eigenvalue weighted by Gasteiger charge is -2.13. The highest BCUT2D eigenvalue weighted by molar-refractivity contribution is 7.07. The number of hydrogen-bond donors (Lipinski definition) is 1. The van der Waals surface area contributed by atoms with Gasteiger partial charge in [0.1, 0.15) is 0 Å². The predicted molar refractivity (Wildman–Crippen MR) is 122 cm³/mol. The number of rotatable bonds is 8. The lowest BCUT2D eigenvalue weighted by atomic mass is 10.1. The van der Waals surface area contributed by atoms with Gasteiger partial charge in [-0.2, -0.15) is 4.99 Å². The molecular formula is C23H25N3O5S. The average molecular weight is 456 g/mol. The van der Waals surface area contributed by atoms with Crippen molar-refractivity contribution in [2.24, 2.45) is 4.99 Å². The minimum absolute atomic E-state index is 0.238. The first kappa shape index (κ1) is 23.1. The molecule has 0 aliphatic rings. The van der Waals surface area contributed by atoms with E-state index in [4.69, 9.17) is 14.2 Å². The van der Waals surface area contributed by atoms with Crippen LogP contribution in [0.5, 0.6) is 17.2 Å². The Morgan fingerprint density at radius 3 is 2.28 bits per heavy atom. The van der Waals surface area contributed by atoms with Crippen molar-refractivity contribution in [1.82, 2.24) is 9.88 Å². The smallest absolute Gasteiger partial charge is 0.267 e. The molecule has 0 aliphatic heterocycles. The van der Waals surface area contributed by atoms with Crippen molar-refractivity contribution >= 4 is 23.2 Å². The fraction of sp³-hybridized carbons (Fsp3) is 0.261. The van der Waals surface area contributed by atoms with Gasteiger partial charge in [-0.3, -0.25) is 9.59 Å². The third-order valence-electron chi connectivity index (χ3n) is 4.68. The van der Waals surface area contributed by atoms with E-state index in [-0.39, 0.29) is 12.1 Å². The molecule has 3 rings (SSSR count). The van der Waals surface area contributed by atoms with E-state index in [1.165, 1.54) is 50.4 Å². The van der Waals surface area contributed by atoms with Gasteiger partial charge < -0.3 is 24.1 Å². The first-order chi connectivity index (χ1) is 15.4. The molecule has 0 spiro atoms. The van der Waals surface area contributed by atoms with Crippen LogP contribution in [-0.4, -0.2) is 44.3 Å². The Hall–Kier alpha value is -3.59. The first-order valence-electron chi connectivity index (χ1n) is 9.80. The molecule has 0 aliphatic carbocycles. The summed E-state index contributed by atoms with van der Waals surface area (Å²) in [5, 5.41) is 4.46. The molecule has 9 heteroatoms. The Morgan fingerprint density at radius 2 is 1.69 bits per heavy atom. The Morgan fingerprint density at radius 1 is 1.03 bits per heavy atom. The summed E-state index contributed by atoms with van der Waals surface area (Å²) in [7, 11) is 4.42. The number of aromatic nitrogens is 1. The Labute approximate surface area is 190 Å². The SMILES string of the molecule is COc1cc(C(=O)NCC(=O)N=c2sccn2Cc2ccc(C)cc2)cc(OC)c1OC. The van der Waals surface area contributed by atoms with E-state index < -0.39 is 11.8 Å². The van der Waals surface area contributed by atoms with Crippen LogP contribution in [0.1, 0.15) is 21.5 Å². The van der Waals surface area contributed by atoms with Gasteiger partial charge in [0.25, 0.3) is 11.8 Å². The number of nitrogens with one attached hydrogen (secondary N) is 1. The molecule has 0 saturated heterocycles. The Bertz CT molecular complexity index is 1140. The first-order valence-corrected chi connectivity index (χ1v) is 10.7. The second-order valence-electron chi connectivity index (χ2n) is 6.90. The molecule has 1 N–H and O–H groups in total. The second-order valence-corrected chi connectivity index (χ2v) is 7.77. The quantitative estimate of drug-likeness (QED) is 0.564. The van der Waals surface area contributed by atoms with Crippen LogP contribution in [-0.2, 0) is 11.3 Å². The van der Waals surface area contributed by atoms with Crippen LogP contribution in [0.15, 0.2) is 53.0 Å². The van der Waals surface area contributed by atoms with E-state index in [1.807, 2.05) is 47.3 Å². The Kier molecular flexibility index (Phi) is 7.67. The third kappa shape index (κ3) is 5.55. The van der Waals surface area contributed by atoms with Gasteiger partial charge in [-0.25, -0.2) is 0 Å². The van der Waals surface area contributed by atoms with Gasteiger partial charge in [0.05, 0.1) is 27.9 Å². The number of hydrogen-bond acceptors (Lipinski definition) is 6. The summed E-state index contributed by atoms with van der Waals surface area (Å²) in [6, 6.07) is 11.2. The van der Waals surface area contributed by atoms with Crippen molar-refractivity contribution in [3.8, 4) is 17.2 Å². The minimum Gasteiger partial charge on any atom is -0.493 e. The molecule has 168 valence electrons. The molecule has 0 fully saturated rings. The van der Waals surface area contributed by atoms with Gasteiger partial charge >= 0.3 is 0 Å². The van der Waals surface area contributed by atoms with E-state index >= 15 is 0 Å². The molecular weight excluding hydrogens is 430 g/mol. The van der Waals surface area contributed by atoms with E-state index in [0.717, 1.165) is 5.56 Å². The number of carbonyl (C=O) groups excluding carboxylic acids is 2. The van der Waals surface area contributed by atoms with Crippen LogP contribution in [0.4, 0.5) is 0 Å². The number of benzene rings is 2. The molecule has 1 aromatic heterocycles. The molecule has 2 amide bonds. The van der Waals surface area contributed by atoms with E-state index in [9.17, 15) is 9.59 Å². The normalized spacial score (nSPS) is 11.2. The van der Waals surface area contributed by atoms with Gasteiger partial charge in [-0.05, 0) is 24.6 Å². The zero-order chi connectivity index (χ0) is 23.1. The summed E-state index contributed by atoms with van der Waals surface area (Å²) >= 11 is 1.36. The zero-order valence-corrected chi connectivity index (χ0v) is 19.2. The van der Waals surface area contributed by atoms with Gasteiger partial charge in [-0.1, -0.05) is 29.8 Å². The second kappa shape index (κ2) is 10.6. The molecule has 3 aromatic rings. The van der Waals surface area contributed by atoms with Gasteiger partial charge in [0, 0.05) is 23.7 Å². The maximum atomic E-state index is 12.6. The van der Waals surface area contributed by atoms with Crippen molar-refractivity contribution in [3.63, 3.8) is 0 Å². The van der Waals surface area contributed by atoms with Gasteiger partial charge in [0.2, 0.25) is 5.75 Å². The summed E-state index contributed by atoms with van der Waals surface area (Å²) in [6.45, 7) is 2.40. The summed E-state index contributed by atoms with van der Waals surface area (Å²) in [4.78, 5) is 29.7. The predicted octanol–water partition coefficient (Wildman–Crippen LogP) is 2.79. The van der Waals surface area contributed by atoms with Crippen LogP contribution in [0.2, 0.25) is 0 Å². The van der Waals surface area contributed by atoms with Gasteiger partial charge in [-0.15, -0.1) is 11.3 Å². The number of aryl methyl sites for hydroxylation is 1. The highest BCUT2D eigenvalue weighted by Gasteiger charge is 2.17. The molecule has 1 heterocycles. The standard InChI is InChI=1S/C23H25N3O5S/c1-15-5-7-16(8-6-15)14-26-9-10-32-23(26)25-20(27)13-24-22(28)17-11-18(29-2)21(31-4)19(12-17)30-3/h5-12H,13-14H2,1-4H3,(H,24,28). The van der Waals surface area contributed by atoms with Crippen LogP contribution in [0, 0.1) is 6.92 Å². The number of carbonyl (C=O) groups is 2. The Balaban J connectivity index is 1.69. The summed E-state index contributed by atoms with van der Waals surface area (Å²) < 4.78 is 17.7. The average Bonchev–Trinajstić information content (AvgIpc) is 3.23. The van der Waals surface area contributed by atoms with Crippen molar-refractivity contribution in [3.05, 3.63) is 69.5 Å². The lowest BCUT2D eigenvalue weighted by Crippen LogP contribution is -2.30. The third-order valence-corrected chi connectivity index (χ3v) is 5.48. The van der Waals surface area contributed by atoms with Crippen molar-refractivity contribution in [2.75, 3.05) is 27.9 Å². The molecule has 32 heavy (non-hydrogen) atoms. The zero-order valence-electron chi connectivity index (χ0n) is 18.4. The van der Waals surface area contributed by atoms with E-state index in [1.54, 1.807) is 0 Å². The van der Waals surface area contributed by atoms with Crippen LogP contribution in [0.25, 0.3) is 0 Å². The monoisotopic (exact) mass is 455 g/mol. The summed E-state index contributed by atoms with van der Waals surface area (Å²) in [5.74, 6) is 0.179. The molecule has 8 nitrogen and oxygen atoms in total. The molecule has 0 saturated carbocycles. The summed E-state index contributed by atoms with van der Waals surface area (Å²) in [6.07, 6.45) is 1.88. The van der Waals surface area contributed by atoms with Gasteiger partial charge in [0.15, 0.2) is 16.3 Å². The maximum Gasteiger partial charge on any atom is 0.267 e. The maximum absolute atomic E-state index is 12.6. The number of amides is 2. The van der Waals surface area contributed by atoms with Crippen LogP contribution in [0.3, 0.4) is 0 Å². The number of nitrogens with zero attached hydrogens (tertiary/aromatic N) is 2. The molecule has 0 unspecified atom stereocenters. The largest absolute Gasteiger partial charge is 0.493 e. The van der Waals surface area contributed by atoms with Crippen molar-refractivity contribution in [2.45, 2.75) is 13.5 Å². The number of ether oxygens (including phenoxy) is 3. The number of methoxy groups -OCH3 is 3.